The summed E-state index contributed by atoms with van der Waals surface area (Å²) in [6.07, 6.45) is 5.97. The van der Waals surface area contributed by atoms with Gasteiger partial charge in [0, 0.05) is 22.6 Å². The summed E-state index contributed by atoms with van der Waals surface area (Å²) in [5.41, 5.74) is 6.51. The van der Waals surface area contributed by atoms with Crippen LogP contribution in [0.1, 0.15) is 48.6 Å². The molecule has 1 N–H and O–H groups in total. The zero-order chi connectivity index (χ0) is 14.8. The lowest BCUT2D eigenvalue weighted by Gasteiger charge is -2.15. The van der Waals surface area contributed by atoms with E-state index < -0.39 is 0 Å². The van der Waals surface area contributed by atoms with Crippen molar-refractivity contribution in [3.8, 4) is 0 Å². The summed E-state index contributed by atoms with van der Waals surface area (Å²) in [5, 5.41) is 5.65. The normalized spacial score (nSPS) is 13.9. The van der Waals surface area contributed by atoms with Gasteiger partial charge in [0.15, 0.2) is 0 Å². The first kappa shape index (κ1) is 14.8. The Labute approximate surface area is 131 Å². The van der Waals surface area contributed by atoms with Crippen LogP contribution in [0, 0.1) is 6.92 Å². The molecule has 1 aliphatic rings. The Kier molecular flexibility index (Phi) is 4.46. The maximum Gasteiger partial charge on any atom is 0.0738 e. The minimum atomic E-state index is 0.814. The van der Waals surface area contributed by atoms with Gasteiger partial charge in [0.05, 0.1) is 5.52 Å². The zero-order valence-electron chi connectivity index (χ0n) is 12.9. The van der Waals surface area contributed by atoms with Crippen molar-refractivity contribution in [2.45, 2.75) is 52.5 Å². The fraction of sp³-hybridized carbons (Fsp3) is 0.500. The Morgan fingerprint density at radius 3 is 2.95 bits per heavy atom. The second kappa shape index (κ2) is 6.33. The van der Waals surface area contributed by atoms with E-state index in [4.69, 9.17) is 16.6 Å². The van der Waals surface area contributed by atoms with Crippen molar-refractivity contribution >= 4 is 22.5 Å². The molecule has 0 radical (unpaired) electrons. The number of nitrogens with one attached hydrogen (secondary N) is 1. The summed E-state index contributed by atoms with van der Waals surface area (Å²) in [4.78, 5) is 4.92. The lowest BCUT2D eigenvalue weighted by atomic mass is 9.99. The van der Waals surface area contributed by atoms with E-state index in [2.05, 4.69) is 25.2 Å². The van der Waals surface area contributed by atoms with E-state index in [1.54, 1.807) is 0 Å². The largest absolute Gasteiger partial charge is 0.313 e. The van der Waals surface area contributed by atoms with Crippen molar-refractivity contribution in [1.82, 2.24) is 10.3 Å². The fourth-order valence-electron chi connectivity index (χ4n) is 3.30. The molecule has 1 aromatic carbocycles. The van der Waals surface area contributed by atoms with Crippen molar-refractivity contribution in [1.29, 1.82) is 0 Å². The summed E-state index contributed by atoms with van der Waals surface area (Å²) in [5.74, 6) is 0. The minimum Gasteiger partial charge on any atom is -0.313 e. The van der Waals surface area contributed by atoms with Crippen LogP contribution < -0.4 is 5.32 Å². The second-order valence-electron chi connectivity index (χ2n) is 6.02. The van der Waals surface area contributed by atoms with Gasteiger partial charge in [-0.3, -0.25) is 4.98 Å². The van der Waals surface area contributed by atoms with Crippen LogP contribution in [0.2, 0.25) is 5.02 Å². The number of unbranched alkanes of at least 4 members (excludes halogenated alkanes) is 1. The fourth-order valence-corrected chi connectivity index (χ4v) is 3.58. The molecule has 21 heavy (non-hydrogen) atoms. The Morgan fingerprint density at radius 1 is 1.29 bits per heavy atom. The molecule has 0 spiro atoms. The van der Waals surface area contributed by atoms with Crippen LogP contribution in [0.4, 0.5) is 0 Å². The molecule has 2 nitrogen and oxygen atoms in total. The summed E-state index contributed by atoms with van der Waals surface area (Å²) in [6.45, 7) is 6.34. The molecule has 2 aromatic rings. The molecule has 0 saturated carbocycles. The number of hydrogen-bond acceptors (Lipinski definition) is 2. The van der Waals surface area contributed by atoms with E-state index in [1.165, 1.54) is 47.0 Å². The van der Waals surface area contributed by atoms with Crippen LogP contribution >= 0.6 is 11.6 Å². The summed E-state index contributed by atoms with van der Waals surface area (Å²) in [6, 6.07) is 4.11. The molecular formula is C18H23ClN2. The van der Waals surface area contributed by atoms with Crippen LogP contribution in [0.3, 0.4) is 0 Å². The van der Waals surface area contributed by atoms with E-state index >= 15 is 0 Å². The van der Waals surface area contributed by atoms with Crippen molar-refractivity contribution in [2.75, 3.05) is 6.54 Å². The predicted molar refractivity (Wildman–Crippen MR) is 90.1 cm³/mol. The highest BCUT2D eigenvalue weighted by Crippen LogP contribution is 2.33. The monoisotopic (exact) mass is 302 g/mol. The second-order valence-corrected chi connectivity index (χ2v) is 6.45. The number of benzene rings is 1. The minimum absolute atomic E-state index is 0.814. The SMILES string of the molecule is CCCCNCc1c2c(nc3c(C)cc(Cl)cc13)CCC2. The highest BCUT2D eigenvalue weighted by Gasteiger charge is 2.20. The van der Waals surface area contributed by atoms with Crippen molar-refractivity contribution in [3.05, 3.63) is 39.5 Å². The van der Waals surface area contributed by atoms with Crippen LogP contribution in [0.15, 0.2) is 12.1 Å². The Morgan fingerprint density at radius 2 is 2.14 bits per heavy atom. The van der Waals surface area contributed by atoms with Crippen LogP contribution in [0.5, 0.6) is 0 Å². The molecule has 0 unspecified atom stereocenters. The molecule has 0 bridgehead atoms. The average Bonchev–Trinajstić information content (AvgIpc) is 2.91. The number of fused-ring (bicyclic) bond motifs is 2. The number of aromatic nitrogens is 1. The first-order valence-electron chi connectivity index (χ1n) is 8.02. The van der Waals surface area contributed by atoms with Gasteiger partial charge in [-0.25, -0.2) is 0 Å². The number of aryl methyl sites for hydroxylation is 2. The maximum atomic E-state index is 6.28. The summed E-state index contributed by atoms with van der Waals surface area (Å²) >= 11 is 6.28. The van der Waals surface area contributed by atoms with Crippen molar-refractivity contribution in [2.24, 2.45) is 0 Å². The molecule has 0 aliphatic heterocycles. The van der Waals surface area contributed by atoms with Gasteiger partial charge in [0.1, 0.15) is 0 Å². The average molecular weight is 303 g/mol. The molecular weight excluding hydrogens is 280 g/mol. The highest BCUT2D eigenvalue weighted by atomic mass is 35.5. The van der Waals surface area contributed by atoms with E-state index in [1.807, 2.05) is 6.07 Å². The van der Waals surface area contributed by atoms with Crippen molar-refractivity contribution < 1.29 is 0 Å². The van der Waals surface area contributed by atoms with Gasteiger partial charge >= 0.3 is 0 Å². The van der Waals surface area contributed by atoms with E-state index in [0.717, 1.165) is 36.5 Å². The number of rotatable bonds is 5. The Balaban J connectivity index is 2.06. The standard InChI is InChI=1S/C18H23ClN2/c1-3-4-8-20-11-16-14-6-5-7-17(14)21-18-12(2)9-13(19)10-15(16)18/h9-10,20H,3-8,11H2,1-2H3. The van der Waals surface area contributed by atoms with Gasteiger partial charge in [-0.15, -0.1) is 0 Å². The summed E-state index contributed by atoms with van der Waals surface area (Å²) < 4.78 is 0. The van der Waals surface area contributed by atoms with Gasteiger partial charge in [0.25, 0.3) is 0 Å². The quantitative estimate of drug-likeness (QED) is 0.818. The first-order chi connectivity index (χ1) is 10.2. The zero-order valence-corrected chi connectivity index (χ0v) is 13.7. The number of hydrogen-bond donors (Lipinski definition) is 1. The lowest BCUT2D eigenvalue weighted by molar-refractivity contribution is 0.640. The Bertz CT molecular complexity index is 664. The molecule has 112 valence electrons. The summed E-state index contributed by atoms with van der Waals surface area (Å²) in [7, 11) is 0. The van der Waals surface area contributed by atoms with Gasteiger partial charge in [-0.1, -0.05) is 24.9 Å². The van der Waals surface area contributed by atoms with Crippen LogP contribution in [-0.2, 0) is 19.4 Å². The third-order valence-electron chi connectivity index (χ3n) is 4.40. The molecule has 0 atom stereocenters. The van der Waals surface area contributed by atoms with Crippen LogP contribution in [0.25, 0.3) is 10.9 Å². The topological polar surface area (TPSA) is 24.9 Å². The van der Waals surface area contributed by atoms with Crippen LogP contribution in [-0.4, -0.2) is 11.5 Å². The molecule has 1 aliphatic carbocycles. The smallest absolute Gasteiger partial charge is 0.0738 e. The van der Waals surface area contributed by atoms with Gasteiger partial charge in [-0.05, 0) is 68.0 Å². The molecule has 0 saturated heterocycles. The molecule has 1 heterocycles. The van der Waals surface area contributed by atoms with E-state index in [-0.39, 0.29) is 0 Å². The van der Waals surface area contributed by atoms with Gasteiger partial charge < -0.3 is 5.32 Å². The molecule has 1 aromatic heterocycles. The third kappa shape index (κ3) is 2.93. The number of pyridine rings is 1. The lowest BCUT2D eigenvalue weighted by Crippen LogP contribution is -2.16. The number of nitrogens with zero attached hydrogens (tertiary/aromatic N) is 1. The molecule has 3 heteroatoms. The van der Waals surface area contributed by atoms with E-state index in [0.29, 0.717) is 0 Å². The maximum absolute atomic E-state index is 6.28. The third-order valence-corrected chi connectivity index (χ3v) is 4.62. The predicted octanol–water partition coefficient (Wildman–Crippen LogP) is 4.58. The number of halogens is 1. The first-order valence-corrected chi connectivity index (χ1v) is 8.39. The van der Waals surface area contributed by atoms with Gasteiger partial charge in [0.2, 0.25) is 0 Å². The van der Waals surface area contributed by atoms with Crippen molar-refractivity contribution in [3.63, 3.8) is 0 Å². The molecule has 3 rings (SSSR count). The molecule has 0 fully saturated rings. The molecule has 0 amide bonds. The van der Waals surface area contributed by atoms with Gasteiger partial charge in [-0.2, -0.15) is 0 Å². The van der Waals surface area contributed by atoms with E-state index in [9.17, 15) is 0 Å². The highest BCUT2D eigenvalue weighted by molar-refractivity contribution is 6.31. The Hall–Kier alpha value is -1.12.